The molecule has 4 heteroatoms. The predicted octanol–water partition coefficient (Wildman–Crippen LogP) is 4.06. The van der Waals surface area contributed by atoms with Crippen molar-refractivity contribution in [1.82, 2.24) is 10.4 Å². The average Bonchev–Trinajstić information content (AvgIpc) is 2.63. The fourth-order valence-electron chi connectivity index (χ4n) is 2.19. The first-order valence-electron chi connectivity index (χ1n) is 6.48. The van der Waals surface area contributed by atoms with Crippen LogP contribution in [-0.4, -0.2) is 4.98 Å². The van der Waals surface area contributed by atoms with Crippen LogP contribution in [0.15, 0.2) is 36.0 Å². The van der Waals surface area contributed by atoms with Gasteiger partial charge in [-0.05, 0) is 37.8 Å². The Morgan fingerprint density at radius 2 is 2.00 bits per heavy atom. The van der Waals surface area contributed by atoms with E-state index in [0.717, 1.165) is 17.1 Å². The van der Waals surface area contributed by atoms with Gasteiger partial charge in [-0.25, -0.2) is 4.98 Å². The number of fused-ring (bicyclic) bond motifs is 1. The fraction of sp³-hybridized carbons (Fsp3) is 0.357. The lowest BCUT2D eigenvalue weighted by Gasteiger charge is -2.09. The van der Waals surface area contributed by atoms with Crippen LogP contribution in [-0.2, 0) is 0 Å². The number of nitrogens with zero attached hydrogens (tertiary/aromatic N) is 1. The molecule has 18 heavy (non-hydrogen) atoms. The van der Waals surface area contributed by atoms with E-state index in [9.17, 15) is 0 Å². The number of para-hydroxylation sites is 1. The maximum Gasteiger partial charge on any atom is 0.202 e. The molecule has 2 N–H and O–H groups in total. The third-order valence-electron chi connectivity index (χ3n) is 3.16. The monoisotopic (exact) mass is 259 g/mol. The third kappa shape index (κ3) is 2.64. The Balaban J connectivity index is 1.67. The number of allylic oxidation sites excluding steroid dienone is 2. The summed E-state index contributed by atoms with van der Waals surface area (Å²) in [5.74, 6) is 0. The van der Waals surface area contributed by atoms with Crippen molar-refractivity contribution >= 4 is 26.7 Å². The molecule has 0 saturated heterocycles. The number of rotatable bonds is 3. The normalized spacial score (nSPS) is 16.1. The molecule has 94 valence electrons. The van der Waals surface area contributed by atoms with E-state index in [1.54, 1.807) is 11.3 Å². The van der Waals surface area contributed by atoms with Crippen LogP contribution in [0.5, 0.6) is 0 Å². The molecule has 0 fully saturated rings. The SMILES string of the molecule is C1=C(NNc2nc3ccccc3s2)CCCCC1. The van der Waals surface area contributed by atoms with E-state index in [4.69, 9.17) is 0 Å². The molecule has 0 atom stereocenters. The number of hydrogen-bond donors (Lipinski definition) is 2. The highest BCUT2D eigenvalue weighted by atomic mass is 32.1. The number of hydrazine groups is 1. The molecule has 0 unspecified atom stereocenters. The van der Waals surface area contributed by atoms with Crippen molar-refractivity contribution in [2.24, 2.45) is 0 Å². The lowest BCUT2D eigenvalue weighted by Crippen LogP contribution is -2.20. The van der Waals surface area contributed by atoms with Crippen LogP contribution in [0.3, 0.4) is 0 Å². The second kappa shape index (κ2) is 5.40. The van der Waals surface area contributed by atoms with E-state index < -0.39 is 0 Å². The minimum absolute atomic E-state index is 0.932. The van der Waals surface area contributed by atoms with Crippen LogP contribution in [0, 0.1) is 0 Å². The summed E-state index contributed by atoms with van der Waals surface area (Å²) in [6.07, 6.45) is 8.55. The van der Waals surface area contributed by atoms with Crippen molar-refractivity contribution < 1.29 is 0 Å². The summed E-state index contributed by atoms with van der Waals surface area (Å²) in [6, 6.07) is 8.21. The van der Waals surface area contributed by atoms with Gasteiger partial charge in [-0.3, -0.25) is 5.43 Å². The zero-order valence-corrected chi connectivity index (χ0v) is 11.1. The number of benzene rings is 1. The number of anilines is 1. The minimum Gasteiger partial charge on any atom is -0.303 e. The summed E-state index contributed by atoms with van der Waals surface area (Å²) in [5.41, 5.74) is 8.87. The van der Waals surface area contributed by atoms with Gasteiger partial charge in [0.2, 0.25) is 5.13 Å². The second-order valence-corrected chi connectivity index (χ2v) is 5.60. The summed E-state index contributed by atoms with van der Waals surface area (Å²) in [4.78, 5) is 4.54. The minimum atomic E-state index is 0.932. The van der Waals surface area contributed by atoms with E-state index in [-0.39, 0.29) is 0 Å². The molecule has 0 aliphatic heterocycles. The first kappa shape index (κ1) is 11.5. The molecule has 0 amide bonds. The van der Waals surface area contributed by atoms with Crippen LogP contribution in [0.1, 0.15) is 32.1 Å². The van der Waals surface area contributed by atoms with Gasteiger partial charge in [0.1, 0.15) is 0 Å². The van der Waals surface area contributed by atoms with E-state index in [1.165, 1.54) is 36.1 Å². The van der Waals surface area contributed by atoms with Gasteiger partial charge in [0, 0.05) is 5.70 Å². The van der Waals surface area contributed by atoms with Crippen molar-refractivity contribution in [2.45, 2.75) is 32.1 Å². The highest BCUT2D eigenvalue weighted by Crippen LogP contribution is 2.25. The topological polar surface area (TPSA) is 37.0 Å². The van der Waals surface area contributed by atoms with Crippen LogP contribution in [0.2, 0.25) is 0 Å². The summed E-state index contributed by atoms with van der Waals surface area (Å²) < 4.78 is 1.22. The molecule has 1 aliphatic carbocycles. The standard InChI is InChI=1S/C14H17N3S/c1-2-4-8-11(7-3-1)16-17-14-15-12-9-5-6-10-13(12)18-14/h5-7,9-10,16H,1-4,8H2,(H,15,17). The molecule has 1 aromatic carbocycles. The Bertz CT molecular complexity index is 526. The van der Waals surface area contributed by atoms with Gasteiger partial charge in [0.05, 0.1) is 10.2 Å². The molecule has 0 radical (unpaired) electrons. The Labute approximate surface area is 111 Å². The highest BCUT2D eigenvalue weighted by Gasteiger charge is 2.04. The van der Waals surface area contributed by atoms with Crippen LogP contribution in [0.4, 0.5) is 5.13 Å². The van der Waals surface area contributed by atoms with Crippen molar-refractivity contribution in [3.63, 3.8) is 0 Å². The Kier molecular flexibility index (Phi) is 3.46. The molecular weight excluding hydrogens is 242 g/mol. The van der Waals surface area contributed by atoms with Crippen molar-refractivity contribution in [3.8, 4) is 0 Å². The molecule has 0 saturated carbocycles. The van der Waals surface area contributed by atoms with Gasteiger partial charge >= 0.3 is 0 Å². The van der Waals surface area contributed by atoms with Crippen LogP contribution < -0.4 is 10.9 Å². The molecule has 1 aromatic heterocycles. The Morgan fingerprint density at radius 3 is 2.94 bits per heavy atom. The van der Waals surface area contributed by atoms with Gasteiger partial charge in [0.25, 0.3) is 0 Å². The first-order valence-corrected chi connectivity index (χ1v) is 7.30. The van der Waals surface area contributed by atoms with Gasteiger partial charge in [0.15, 0.2) is 0 Å². The quantitative estimate of drug-likeness (QED) is 0.816. The summed E-state index contributed by atoms with van der Waals surface area (Å²) in [7, 11) is 0. The van der Waals surface area contributed by atoms with E-state index >= 15 is 0 Å². The van der Waals surface area contributed by atoms with Gasteiger partial charge in [-0.15, -0.1) is 0 Å². The zero-order chi connectivity index (χ0) is 12.2. The molecule has 0 spiro atoms. The van der Waals surface area contributed by atoms with Gasteiger partial charge < -0.3 is 5.43 Å². The van der Waals surface area contributed by atoms with Crippen LogP contribution in [0.25, 0.3) is 10.2 Å². The van der Waals surface area contributed by atoms with Gasteiger partial charge in [-0.1, -0.05) is 36.0 Å². The van der Waals surface area contributed by atoms with Crippen LogP contribution >= 0.6 is 11.3 Å². The summed E-state index contributed by atoms with van der Waals surface area (Å²) >= 11 is 1.68. The maximum absolute atomic E-state index is 4.54. The number of thiazole rings is 1. The zero-order valence-electron chi connectivity index (χ0n) is 10.3. The smallest absolute Gasteiger partial charge is 0.202 e. The van der Waals surface area contributed by atoms with Crippen molar-refractivity contribution in [1.29, 1.82) is 0 Å². The third-order valence-corrected chi connectivity index (χ3v) is 4.12. The number of hydrogen-bond acceptors (Lipinski definition) is 4. The molecule has 1 aliphatic rings. The Morgan fingerprint density at radius 1 is 1.06 bits per heavy atom. The van der Waals surface area contributed by atoms with Gasteiger partial charge in [-0.2, -0.15) is 0 Å². The van der Waals surface area contributed by atoms with Crippen molar-refractivity contribution in [2.75, 3.05) is 5.43 Å². The van der Waals surface area contributed by atoms with E-state index in [0.29, 0.717) is 0 Å². The molecule has 2 aromatic rings. The summed E-state index contributed by atoms with van der Waals surface area (Å²) in [6.45, 7) is 0. The van der Waals surface area contributed by atoms with Crippen molar-refractivity contribution in [3.05, 3.63) is 36.0 Å². The predicted molar refractivity (Wildman–Crippen MR) is 77.5 cm³/mol. The molecule has 1 heterocycles. The number of aromatic nitrogens is 1. The number of nitrogens with one attached hydrogen (secondary N) is 2. The second-order valence-electron chi connectivity index (χ2n) is 4.57. The lowest BCUT2D eigenvalue weighted by atomic mass is 10.2. The largest absolute Gasteiger partial charge is 0.303 e. The van der Waals surface area contributed by atoms with E-state index in [2.05, 4.69) is 28.0 Å². The summed E-state index contributed by atoms with van der Waals surface area (Å²) in [5, 5.41) is 0.932. The molecule has 0 bridgehead atoms. The molecule has 3 rings (SSSR count). The Hall–Kier alpha value is -1.55. The first-order chi connectivity index (χ1) is 8.92. The highest BCUT2D eigenvalue weighted by molar-refractivity contribution is 7.22. The molecule has 3 nitrogen and oxygen atoms in total. The fourth-order valence-corrected chi connectivity index (χ4v) is 3.01. The maximum atomic E-state index is 4.54. The van der Waals surface area contributed by atoms with E-state index in [1.807, 2.05) is 18.2 Å². The average molecular weight is 259 g/mol. The molecular formula is C14H17N3S. The lowest BCUT2D eigenvalue weighted by molar-refractivity contribution is 0.698.